The molecule has 0 saturated carbocycles. The van der Waals surface area contributed by atoms with E-state index in [1.165, 1.54) is 0 Å². The number of amides is 1. The number of carbonyl (C=O) groups is 2. The molecule has 1 aliphatic heterocycles. The Morgan fingerprint density at radius 1 is 1.03 bits per heavy atom. The second kappa shape index (κ2) is 9.00. The van der Waals surface area contributed by atoms with Gasteiger partial charge in [-0.3, -0.25) is 14.5 Å². The third kappa shape index (κ3) is 4.39. The second-order valence-electron chi connectivity index (χ2n) is 9.75. The standard InChI is InChI=1S/C29H27BrN2O3/c1-29(2)16-23-26(25(33)17-29)27(18-10-14-21(35-3)15-11-18)32(24-7-5-4-6-22(24)31-23)28(34)19-8-12-20(30)13-9-19/h4-16,26-27,31H,17H2,1-3H3/t26-,27+/m0/s1. The van der Waals surface area contributed by atoms with E-state index in [1.807, 2.05) is 60.7 Å². The Hall–Kier alpha value is -3.38. The quantitative estimate of drug-likeness (QED) is 0.405. The SMILES string of the molecule is COc1ccc([C@@H]2[C@@H]3C(=O)CC(C)(C)C=C3Nc3ccccc3N2C(=O)c2ccc(Br)cc2)cc1. The largest absolute Gasteiger partial charge is 0.497 e. The molecule has 0 spiro atoms. The summed E-state index contributed by atoms with van der Waals surface area (Å²) in [6.45, 7) is 4.14. The number of halogens is 1. The number of ketones is 1. The van der Waals surface area contributed by atoms with Crippen molar-refractivity contribution in [1.29, 1.82) is 0 Å². The number of hydrogen-bond acceptors (Lipinski definition) is 4. The number of ether oxygens (including phenoxy) is 1. The lowest BCUT2D eigenvalue weighted by atomic mass is 9.72. The van der Waals surface area contributed by atoms with E-state index in [2.05, 4.69) is 41.2 Å². The first kappa shape index (κ1) is 23.4. The van der Waals surface area contributed by atoms with Crippen LogP contribution in [0.4, 0.5) is 11.4 Å². The number of anilines is 2. The number of rotatable bonds is 3. The molecular formula is C29H27BrN2O3. The normalized spacial score (nSPS) is 20.6. The molecule has 0 bridgehead atoms. The van der Waals surface area contributed by atoms with Crippen LogP contribution >= 0.6 is 15.9 Å². The highest BCUT2D eigenvalue weighted by molar-refractivity contribution is 9.10. The number of para-hydroxylation sites is 2. The summed E-state index contributed by atoms with van der Waals surface area (Å²) in [5, 5.41) is 3.53. The molecule has 2 aliphatic rings. The number of carbonyl (C=O) groups excluding carboxylic acids is 2. The molecule has 5 rings (SSSR count). The molecular weight excluding hydrogens is 504 g/mol. The zero-order valence-corrected chi connectivity index (χ0v) is 21.5. The number of nitrogens with one attached hydrogen (secondary N) is 1. The summed E-state index contributed by atoms with van der Waals surface area (Å²) < 4.78 is 6.27. The molecule has 1 heterocycles. The average Bonchev–Trinajstić information content (AvgIpc) is 2.97. The van der Waals surface area contributed by atoms with Gasteiger partial charge in [0, 0.05) is 22.2 Å². The Kier molecular flexibility index (Phi) is 6.01. The molecule has 1 N–H and O–H groups in total. The highest BCUT2D eigenvalue weighted by Gasteiger charge is 2.46. The smallest absolute Gasteiger partial charge is 0.258 e. The topological polar surface area (TPSA) is 58.6 Å². The van der Waals surface area contributed by atoms with Crippen LogP contribution in [0.1, 0.15) is 42.2 Å². The zero-order chi connectivity index (χ0) is 24.7. The Labute approximate surface area is 213 Å². The Morgan fingerprint density at radius 3 is 2.40 bits per heavy atom. The van der Waals surface area contributed by atoms with Gasteiger partial charge in [0.1, 0.15) is 11.5 Å². The molecule has 0 radical (unpaired) electrons. The fraction of sp³-hybridized carbons (Fsp3) is 0.241. The van der Waals surface area contributed by atoms with Gasteiger partial charge in [0.25, 0.3) is 5.91 Å². The van der Waals surface area contributed by atoms with E-state index < -0.39 is 12.0 Å². The fourth-order valence-corrected chi connectivity index (χ4v) is 5.37. The van der Waals surface area contributed by atoms with Gasteiger partial charge in [0.15, 0.2) is 0 Å². The van der Waals surface area contributed by atoms with Gasteiger partial charge < -0.3 is 10.1 Å². The minimum absolute atomic E-state index is 0.113. The molecule has 0 aromatic heterocycles. The van der Waals surface area contributed by atoms with Gasteiger partial charge in [-0.1, -0.05) is 60.1 Å². The number of benzene rings is 3. The lowest BCUT2D eigenvalue weighted by molar-refractivity contribution is -0.124. The number of Topliss-reactive ketones (excluding diaryl/α,β-unsaturated/α-hetero) is 1. The van der Waals surface area contributed by atoms with E-state index in [0.717, 1.165) is 32.9 Å². The number of allylic oxidation sites excluding steroid dienone is 1. The highest BCUT2D eigenvalue weighted by atomic mass is 79.9. The zero-order valence-electron chi connectivity index (χ0n) is 19.9. The first-order chi connectivity index (χ1) is 16.8. The number of hydrogen-bond donors (Lipinski definition) is 1. The number of nitrogens with zero attached hydrogens (tertiary/aromatic N) is 1. The second-order valence-corrected chi connectivity index (χ2v) is 10.7. The van der Waals surface area contributed by atoms with Gasteiger partial charge >= 0.3 is 0 Å². The molecule has 3 aromatic carbocycles. The summed E-state index contributed by atoms with van der Waals surface area (Å²) in [7, 11) is 1.62. The lowest BCUT2D eigenvalue weighted by Gasteiger charge is -2.39. The van der Waals surface area contributed by atoms with Crippen molar-refractivity contribution in [3.63, 3.8) is 0 Å². The maximum absolute atomic E-state index is 14.2. The van der Waals surface area contributed by atoms with Crippen molar-refractivity contribution in [2.75, 3.05) is 17.3 Å². The van der Waals surface area contributed by atoms with Gasteiger partial charge in [-0.05, 0) is 59.5 Å². The fourth-order valence-electron chi connectivity index (χ4n) is 5.11. The molecule has 3 aromatic rings. The Morgan fingerprint density at radius 2 is 1.71 bits per heavy atom. The van der Waals surface area contributed by atoms with Gasteiger partial charge in [0.2, 0.25) is 0 Å². The molecule has 1 amide bonds. The van der Waals surface area contributed by atoms with Crippen LogP contribution in [0.15, 0.2) is 89.0 Å². The predicted molar refractivity (Wildman–Crippen MR) is 142 cm³/mol. The minimum atomic E-state index is -0.525. The van der Waals surface area contributed by atoms with Crippen LogP contribution in [0.2, 0.25) is 0 Å². The summed E-state index contributed by atoms with van der Waals surface area (Å²) in [6.07, 6.45) is 2.56. The van der Waals surface area contributed by atoms with Crippen LogP contribution in [0, 0.1) is 11.3 Å². The van der Waals surface area contributed by atoms with E-state index in [9.17, 15) is 9.59 Å². The molecule has 0 fully saturated rings. The van der Waals surface area contributed by atoms with E-state index in [-0.39, 0.29) is 17.1 Å². The first-order valence-corrected chi connectivity index (χ1v) is 12.4. The average molecular weight is 531 g/mol. The molecule has 0 saturated heterocycles. The minimum Gasteiger partial charge on any atom is -0.497 e. The summed E-state index contributed by atoms with van der Waals surface area (Å²) >= 11 is 3.46. The summed E-state index contributed by atoms with van der Waals surface area (Å²) in [4.78, 5) is 29.7. The lowest BCUT2D eigenvalue weighted by Crippen LogP contribution is -2.43. The van der Waals surface area contributed by atoms with Gasteiger partial charge in [0.05, 0.1) is 30.4 Å². The van der Waals surface area contributed by atoms with Crippen LogP contribution in [0.25, 0.3) is 0 Å². The molecule has 178 valence electrons. The molecule has 2 atom stereocenters. The van der Waals surface area contributed by atoms with Gasteiger partial charge in [-0.15, -0.1) is 0 Å². The molecule has 35 heavy (non-hydrogen) atoms. The monoisotopic (exact) mass is 530 g/mol. The summed E-state index contributed by atoms with van der Waals surface area (Å²) in [6, 6.07) is 22.2. The molecule has 1 aliphatic carbocycles. The van der Waals surface area contributed by atoms with Crippen molar-refractivity contribution >= 4 is 39.0 Å². The van der Waals surface area contributed by atoms with Crippen LogP contribution in [-0.2, 0) is 4.79 Å². The number of methoxy groups -OCH3 is 1. The van der Waals surface area contributed by atoms with E-state index in [4.69, 9.17) is 4.74 Å². The third-order valence-corrected chi connectivity index (χ3v) is 7.19. The van der Waals surface area contributed by atoms with E-state index >= 15 is 0 Å². The Bertz CT molecular complexity index is 1310. The maximum Gasteiger partial charge on any atom is 0.258 e. The Balaban J connectivity index is 1.76. The van der Waals surface area contributed by atoms with Crippen molar-refractivity contribution in [2.24, 2.45) is 11.3 Å². The van der Waals surface area contributed by atoms with Crippen molar-refractivity contribution in [3.8, 4) is 5.75 Å². The van der Waals surface area contributed by atoms with Crippen molar-refractivity contribution in [2.45, 2.75) is 26.3 Å². The number of fused-ring (bicyclic) bond motifs is 2. The van der Waals surface area contributed by atoms with Crippen LogP contribution in [-0.4, -0.2) is 18.8 Å². The van der Waals surface area contributed by atoms with Crippen molar-refractivity contribution in [3.05, 3.63) is 100 Å². The first-order valence-electron chi connectivity index (χ1n) is 11.6. The van der Waals surface area contributed by atoms with Gasteiger partial charge in [-0.2, -0.15) is 0 Å². The highest BCUT2D eigenvalue weighted by Crippen LogP contribution is 2.49. The van der Waals surface area contributed by atoms with Gasteiger partial charge in [-0.25, -0.2) is 0 Å². The maximum atomic E-state index is 14.2. The molecule has 5 nitrogen and oxygen atoms in total. The van der Waals surface area contributed by atoms with Crippen molar-refractivity contribution in [1.82, 2.24) is 0 Å². The predicted octanol–water partition coefficient (Wildman–Crippen LogP) is 6.77. The van der Waals surface area contributed by atoms with Crippen LogP contribution < -0.4 is 15.0 Å². The van der Waals surface area contributed by atoms with Crippen LogP contribution in [0.5, 0.6) is 5.75 Å². The van der Waals surface area contributed by atoms with Crippen molar-refractivity contribution < 1.29 is 14.3 Å². The molecule has 6 heteroatoms. The van der Waals surface area contributed by atoms with E-state index in [0.29, 0.717) is 12.0 Å². The summed E-state index contributed by atoms with van der Waals surface area (Å²) in [5.74, 6) is 0.149. The van der Waals surface area contributed by atoms with E-state index in [1.54, 1.807) is 24.1 Å². The van der Waals surface area contributed by atoms with Crippen LogP contribution in [0.3, 0.4) is 0 Å². The third-order valence-electron chi connectivity index (χ3n) is 6.66. The summed E-state index contributed by atoms with van der Waals surface area (Å²) in [5.41, 5.74) is 3.53. The molecule has 0 unspecified atom stereocenters.